The lowest BCUT2D eigenvalue weighted by atomic mass is 10.0. The van der Waals surface area contributed by atoms with Crippen LogP contribution in [0.2, 0.25) is 0 Å². The minimum absolute atomic E-state index is 0.566. The van der Waals surface area contributed by atoms with Crippen LogP contribution in [0.4, 0.5) is 11.6 Å². The zero-order chi connectivity index (χ0) is 22.7. The maximum absolute atomic E-state index is 5.91. The van der Waals surface area contributed by atoms with Gasteiger partial charge in [0, 0.05) is 17.8 Å². The number of aromatic nitrogens is 3. The molecule has 0 spiro atoms. The first-order valence-electron chi connectivity index (χ1n) is 11.9. The predicted molar refractivity (Wildman–Crippen MR) is 137 cm³/mol. The molecule has 6 heteroatoms. The Morgan fingerprint density at radius 2 is 1.65 bits per heavy atom. The highest BCUT2D eigenvalue weighted by Crippen LogP contribution is 2.26. The molecule has 5 aromatic rings. The second kappa shape index (κ2) is 9.15. The summed E-state index contributed by atoms with van der Waals surface area (Å²) in [5.74, 6) is 1.45. The number of hydrogen-bond donors (Lipinski definition) is 1. The van der Waals surface area contributed by atoms with Crippen molar-refractivity contribution in [3.05, 3.63) is 84.9 Å². The molecule has 0 bridgehead atoms. The summed E-state index contributed by atoms with van der Waals surface area (Å²) in [6, 6.07) is 28.9. The third kappa shape index (κ3) is 4.32. The molecule has 1 fully saturated rings. The third-order valence-electron chi connectivity index (χ3n) is 6.39. The van der Waals surface area contributed by atoms with Gasteiger partial charge in [-0.15, -0.1) is 5.10 Å². The van der Waals surface area contributed by atoms with Crippen LogP contribution in [-0.4, -0.2) is 45.7 Å². The molecule has 2 aromatic heterocycles. The number of nitrogens with zero attached hydrogens (tertiary/aromatic N) is 4. The number of benzene rings is 3. The van der Waals surface area contributed by atoms with Crippen LogP contribution in [0.3, 0.4) is 0 Å². The van der Waals surface area contributed by atoms with Crippen LogP contribution in [-0.2, 0) is 0 Å². The highest BCUT2D eigenvalue weighted by molar-refractivity contribution is 5.87. The second-order valence-electron chi connectivity index (χ2n) is 8.72. The van der Waals surface area contributed by atoms with E-state index in [9.17, 15) is 0 Å². The predicted octanol–water partition coefficient (Wildman–Crippen LogP) is 5.77. The van der Waals surface area contributed by atoms with Crippen molar-refractivity contribution in [1.29, 1.82) is 0 Å². The van der Waals surface area contributed by atoms with E-state index in [4.69, 9.17) is 9.84 Å². The van der Waals surface area contributed by atoms with Crippen molar-refractivity contribution < 1.29 is 4.74 Å². The van der Waals surface area contributed by atoms with Crippen molar-refractivity contribution in [1.82, 2.24) is 19.5 Å². The molecule has 34 heavy (non-hydrogen) atoms. The van der Waals surface area contributed by atoms with Gasteiger partial charge in [-0.3, -0.25) is 4.90 Å². The fourth-order valence-electron chi connectivity index (χ4n) is 4.59. The maximum Gasteiger partial charge on any atom is 0.247 e. The van der Waals surface area contributed by atoms with Gasteiger partial charge in [0.2, 0.25) is 5.95 Å². The number of rotatable bonds is 7. The first-order chi connectivity index (χ1) is 16.8. The zero-order valence-electron chi connectivity index (χ0n) is 19.0. The van der Waals surface area contributed by atoms with Crippen LogP contribution in [0.25, 0.3) is 27.7 Å². The van der Waals surface area contributed by atoms with E-state index >= 15 is 0 Å². The monoisotopic (exact) mass is 449 g/mol. The van der Waals surface area contributed by atoms with E-state index < -0.39 is 0 Å². The lowest BCUT2D eigenvalue weighted by Gasteiger charge is -2.15. The zero-order valence-corrected chi connectivity index (χ0v) is 19.0. The van der Waals surface area contributed by atoms with E-state index in [1.54, 1.807) is 0 Å². The number of ether oxygens (including phenoxy) is 1. The molecule has 1 N–H and O–H groups in total. The molecule has 6 nitrogen and oxygen atoms in total. The van der Waals surface area contributed by atoms with Crippen LogP contribution >= 0.6 is 0 Å². The third-order valence-corrected chi connectivity index (χ3v) is 6.39. The lowest BCUT2D eigenvalue weighted by Crippen LogP contribution is -2.25. The van der Waals surface area contributed by atoms with Gasteiger partial charge in [-0.1, -0.05) is 42.5 Å². The molecule has 0 amide bonds. The van der Waals surface area contributed by atoms with Crippen LogP contribution in [0.1, 0.15) is 12.8 Å². The molecule has 0 unspecified atom stereocenters. The molecule has 0 atom stereocenters. The van der Waals surface area contributed by atoms with Crippen molar-refractivity contribution in [3.63, 3.8) is 0 Å². The normalized spacial score (nSPS) is 14.1. The summed E-state index contributed by atoms with van der Waals surface area (Å²) in [6.45, 7) is 4.10. The minimum atomic E-state index is 0.566. The summed E-state index contributed by atoms with van der Waals surface area (Å²) >= 11 is 0. The Labute approximate surface area is 198 Å². The van der Waals surface area contributed by atoms with Gasteiger partial charge in [-0.25, -0.2) is 4.52 Å². The summed E-state index contributed by atoms with van der Waals surface area (Å²) in [4.78, 5) is 7.13. The first kappa shape index (κ1) is 20.7. The van der Waals surface area contributed by atoms with Gasteiger partial charge in [0.05, 0.1) is 5.69 Å². The lowest BCUT2D eigenvalue weighted by molar-refractivity contribution is 0.238. The summed E-state index contributed by atoms with van der Waals surface area (Å²) < 4.78 is 7.80. The SMILES string of the molecule is c1ccc2cc(-c3cccc4nc(Nc5ccc(OCCN6CCCC6)cc5)nn34)ccc2c1. The number of hydrogen-bond acceptors (Lipinski definition) is 5. The Kier molecular flexibility index (Phi) is 5.57. The van der Waals surface area contributed by atoms with Crippen molar-refractivity contribution in [2.24, 2.45) is 0 Å². The molecule has 1 aliphatic rings. The van der Waals surface area contributed by atoms with Crippen molar-refractivity contribution in [3.8, 4) is 17.0 Å². The Balaban J connectivity index is 1.18. The topological polar surface area (TPSA) is 54.7 Å². The molecule has 6 rings (SSSR count). The Morgan fingerprint density at radius 1 is 0.824 bits per heavy atom. The first-order valence-corrected chi connectivity index (χ1v) is 11.9. The average molecular weight is 450 g/mol. The number of nitrogens with one attached hydrogen (secondary N) is 1. The molecule has 0 radical (unpaired) electrons. The van der Waals surface area contributed by atoms with Gasteiger partial charge in [-0.05, 0) is 79.2 Å². The van der Waals surface area contributed by atoms with Gasteiger partial charge in [0.15, 0.2) is 5.65 Å². The standard InChI is InChI=1S/C28H27N5O/c1-2-7-22-20-23(11-10-21(22)6-1)26-8-5-9-27-30-28(31-33(26)27)29-24-12-14-25(15-13-24)34-19-18-32-16-3-4-17-32/h1-2,5-15,20H,3-4,16-19H2,(H,29,31). The Morgan fingerprint density at radius 3 is 2.50 bits per heavy atom. The van der Waals surface area contributed by atoms with Gasteiger partial charge < -0.3 is 10.1 Å². The van der Waals surface area contributed by atoms with E-state index in [0.717, 1.165) is 41.5 Å². The van der Waals surface area contributed by atoms with E-state index in [-0.39, 0.29) is 0 Å². The number of fused-ring (bicyclic) bond motifs is 2. The van der Waals surface area contributed by atoms with Crippen LogP contribution in [0.15, 0.2) is 84.9 Å². The van der Waals surface area contributed by atoms with Crippen molar-refractivity contribution in [2.45, 2.75) is 12.8 Å². The molecule has 170 valence electrons. The smallest absolute Gasteiger partial charge is 0.247 e. The van der Waals surface area contributed by atoms with Crippen LogP contribution in [0, 0.1) is 0 Å². The van der Waals surface area contributed by atoms with E-state index in [0.29, 0.717) is 5.95 Å². The highest BCUT2D eigenvalue weighted by Gasteiger charge is 2.12. The van der Waals surface area contributed by atoms with Gasteiger partial charge >= 0.3 is 0 Å². The molecule has 1 saturated heterocycles. The number of likely N-dealkylation sites (tertiary alicyclic amines) is 1. The average Bonchev–Trinajstić information content (AvgIpc) is 3.54. The largest absolute Gasteiger partial charge is 0.492 e. The second-order valence-corrected chi connectivity index (χ2v) is 8.72. The minimum Gasteiger partial charge on any atom is -0.492 e. The fraction of sp³-hybridized carbons (Fsp3) is 0.214. The molecule has 3 aromatic carbocycles. The van der Waals surface area contributed by atoms with E-state index in [2.05, 4.69) is 63.7 Å². The summed E-state index contributed by atoms with van der Waals surface area (Å²) in [5.41, 5.74) is 3.84. The maximum atomic E-state index is 5.91. The van der Waals surface area contributed by atoms with E-state index in [1.807, 2.05) is 40.9 Å². The number of anilines is 2. The molecular formula is C28H27N5O. The fourth-order valence-corrected chi connectivity index (χ4v) is 4.59. The number of pyridine rings is 1. The summed E-state index contributed by atoms with van der Waals surface area (Å²) in [7, 11) is 0. The quantitative estimate of drug-likeness (QED) is 0.342. The van der Waals surface area contributed by atoms with Crippen molar-refractivity contribution in [2.75, 3.05) is 31.6 Å². The Bertz CT molecular complexity index is 1420. The van der Waals surface area contributed by atoms with Crippen LogP contribution < -0.4 is 10.1 Å². The van der Waals surface area contributed by atoms with Gasteiger partial charge in [0.25, 0.3) is 0 Å². The highest BCUT2D eigenvalue weighted by atomic mass is 16.5. The van der Waals surface area contributed by atoms with Crippen molar-refractivity contribution >= 4 is 28.1 Å². The van der Waals surface area contributed by atoms with Gasteiger partial charge in [-0.2, -0.15) is 4.98 Å². The molecule has 3 heterocycles. The molecule has 0 aliphatic carbocycles. The van der Waals surface area contributed by atoms with Crippen LogP contribution in [0.5, 0.6) is 5.75 Å². The Hall–Kier alpha value is -3.90. The molecule has 0 saturated carbocycles. The molecular weight excluding hydrogens is 422 g/mol. The summed E-state index contributed by atoms with van der Waals surface area (Å²) in [5, 5.41) is 10.5. The summed E-state index contributed by atoms with van der Waals surface area (Å²) in [6.07, 6.45) is 2.61. The molecule has 1 aliphatic heterocycles. The van der Waals surface area contributed by atoms with Gasteiger partial charge in [0.1, 0.15) is 12.4 Å². The van der Waals surface area contributed by atoms with E-state index in [1.165, 1.54) is 36.7 Å².